The molecule has 1 amide bonds. The molecule has 1 fully saturated rings. The number of hydrogen-bond acceptors (Lipinski definition) is 10. The van der Waals surface area contributed by atoms with Crippen molar-refractivity contribution in [2.45, 2.75) is 45.1 Å². The van der Waals surface area contributed by atoms with Gasteiger partial charge in [0.05, 0.1) is 23.2 Å². The second-order valence-corrected chi connectivity index (χ2v) is 11.0. The molecule has 1 aliphatic carbocycles. The molecule has 3 heterocycles. The minimum Gasteiger partial charge on any atom is -0.358 e. The van der Waals surface area contributed by atoms with Crippen LogP contribution in [-0.4, -0.2) is 48.9 Å². The fourth-order valence-electron chi connectivity index (χ4n) is 4.79. The van der Waals surface area contributed by atoms with Crippen molar-refractivity contribution in [2.75, 3.05) is 12.4 Å². The van der Waals surface area contributed by atoms with E-state index in [0.717, 1.165) is 32.2 Å². The SMILES string of the molecule is CNC(=O)[C@]1(C#N)CC[C@@H](Nc2ncc3c(Br)nn(-c4ccc(-c5nnc(C)s5)c(CCC#N)c4)c3n2)C1. The maximum absolute atomic E-state index is 12.3. The highest BCUT2D eigenvalue weighted by Crippen LogP contribution is 2.39. The van der Waals surface area contributed by atoms with Gasteiger partial charge in [0, 0.05) is 31.3 Å². The van der Waals surface area contributed by atoms with E-state index in [1.54, 1.807) is 17.9 Å². The van der Waals surface area contributed by atoms with Crippen LogP contribution in [0.15, 0.2) is 29.0 Å². The summed E-state index contributed by atoms with van der Waals surface area (Å²) in [5, 5.41) is 40.3. The van der Waals surface area contributed by atoms with Gasteiger partial charge in [0.25, 0.3) is 0 Å². The Bertz CT molecular complexity index is 1620. The molecule has 0 spiro atoms. The summed E-state index contributed by atoms with van der Waals surface area (Å²) < 4.78 is 2.33. The van der Waals surface area contributed by atoms with Gasteiger partial charge in [-0.1, -0.05) is 11.3 Å². The fourth-order valence-corrected chi connectivity index (χ4v) is 5.98. The first-order valence-electron chi connectivity index (χ1n) is 12.0. The predicted molar refractivity (Wildman–Crippen MR) is 145 cm³/mol. The van der Waals surface area contributed by atoms with E-state index < -0.39 is 5.41 Å². The summed E-state index contributed by atoms with van der Waals surface area (Å²) in [6.07, 6.45) is 4.13. The number of rotatable bonds is 7. The Hall–Kier alpha value is -3.94. The third-order valence-corrected chi connectivity index (χ3v) is 8.16. The lowest BCUT2D eigenvalue weighted by Gasteiger charge is -2.19. The topological polar surface area (TPSA) is 158 Å². The van der Waals surface area contributed by atoms with E-state index in [0.29, 0.717) is 48.3 Å². The van der Waals surface area contributed by atoms with Crippen LogP contribution in [0.2, 0.25) is 0 Å². The van der Waals surface area contributed by atoms with Gasteiger partial charge < -0.3 is 10.6 Å². The van der Waals surface area contributed by atoms with Gasteiger partial charge in [0.15, 0.2) is 5.65 Å². The van der Waals surface area contributed by atoms with Crippen LogP contribution in [-0.2, 0) is 11.2 Å². The van der Waals surface area contributed by atoms with Gasteiger partial charge in [-0.3, -0.25) is 4.79 Å². The number of aromatic nitrogens is 6. The molecule has 0 radical (unpaired) electrons. The van der Waals surface area contributed by atoms with Gasteiger partial charge in [-0.15, -0.1) is 10.2 Å². The zero-order valence-electron chi connectivity index (χ0n) is 20.7. The average Bonchev–Trinajstić information content (AvgIpc) is 3.64. The molecule has 11 nitrogen and oxygen atoms in total. The quantitative estimate of drug-likeness (QED) is 0.323. The van der Waals surface area contributed by atoms with Crippen molar-refractivity contribution in [3.63, 3.8) is 0 Å². The standard InChI is InChI=1S/C25H23BrN10OS/c1-14-33-34-22(38-14)18-6-5-17(10-15(18)4-3-9-27)36-21-19(20(26)35-36)12-30-24(32-21)31-16-7-8-25(11-16,13-28)23(37)29-2/h5-6,10,12,16H,3-4,7-8,11H2,1-2H3,(H,29,37)(H,30,31,32)/t16-,25-/m1/s1. The lowest BCUT2D eigenvalue weighted by Crippen LogP contribution is -2.37. The van der Waals surface area contributed by atoms with Gasteiger partial charge in [-0.05, 0) is 72.3 Å². The maximum atomic E-state index is 12.3. The summed E-state index contributed by atoms with van der Waals surface area (Å²) in [7, 11) is 1.55. The van der Waals surface area contributed by atoms with E-state index in [9.17, 15) is 15.3 Å². The largest absolute Gasteiger partial charge is 0.358 e. The van der Waals surface area contributed by atoms with Gasteiger partial charge in [-0.2, -0.15) is 20.6 Å². The molecule has 0 aliphatic heterocycles. The normalized spacial score (nSPS) is 18.7. The van der Waals surface area contributed by atoms with E-state index in [1.165, 1.54) is 11.3 Å². The Balaban J connectivity index is 1.48. The van der Waals surface area contributed by atoms with Crippen molar-refractivity contribution in [1.82, 2.24) is 35.3 Å². The number of halogens is 1. The zero-order chi connectivity index (χ0) is 26.9. The van der Waals surface area contributed by atoms with Crippen LogP contribution in [0.3, 0.4) is 0 Å². The summed E-state index contributed by atoms with van der Waals surface area (Å²) in [5.74, 6) is 0.134. The number of aryl methyl sites for hydroxylation is 2. The highest BCUT2D eigenvalue weighted by molar-refractivity contribution is 9.10. The maximum Gasteiger partial charge on any atom is 0.240 e. The Morgan fingerprint density at radius 2 is 2.18 bits per heavy atom. The summed E-state index contributed by atoms with van der Waals surface area (Å²) in [6.45, 7) is 1.91. The van der Waals surface area contributed by atoms with Gasteiger partial charge in [0.2, 0.25) is 11.9 Å². The molecular formula is C25H23BrN10OS. The third kappa shape index (κ3) is 4.71. The summed E-state index contributed by atoms with van der Waals surface area (Å²) in [5.41, 5.74) is 2.25. The lowest BCUT2D eigenvalue weighted by molar-refractivity contribution is -0.127. The number of hydrogen-bond donors (Lipinski definition) is 2. The smallest absolute Gasteiger partial charge is 0.240 e. The van der Waals surface area contributed by atoms with Crippen LogP contribution in [0.4, 0.5) is 5.95 Å². The van der Waals surface area contributed by atoms with Crippen LogP contribution >= 0.6 is 27.3 Å². The first-order valence-corrected chi connectivity index (χ1v) is 13.6. The van der Waals surface area contributed by atoms with E-state index in [-0.39, 0.29) is 11.9 Å². The molecule has 0 unspecified atom stereocenters. The number of fused-ring (bicyclic) bond motifs is 1. The molecule has 4 aromatic rings. The molecule has 38 heavy (non-hydrogen) atoms. The molecule has 1 saturated carbocycles. The predicted octanol–water partition coefficient (Wildman–Crippen LogP) is 4.08. The van der Waals surface area contributed by atoms with E-state index >= 15 is 0 Å². The van der Waals surface area contributed by atoms with Crippen LogP contribution in [0.25, 0.3) is 27.3 Å². The number of nitrogens with one attached hydrogen (secondary N) is 2. The molecule has 0 saturated heterocycles. The highest BCUT2D eigenvalue weighted by atomic mass is 79.9. The monoisotopic (exact) mass is 590 g/mol. The van der Waals surface area contributed by atoms with E-state index in [4.69, 9.17) is 4.98 Å². The lowest BCUT2D eigenvalue weighted by atomic mass is 9.87. The number of carbonyl (C=O) groups is 1. The van der Waals surface area contributed by atoms with Crippen LogP contribution in [0, 0.1) is 35.0 Å². The summed E-state index contributed by atoms with van der Waals surface area (Å²) in [6, 6.07) is 10.2. The third-order valence-electron chi connectivity index (χ3n) is 6.70. The molecule has 0 bridgehead atoms. The molecule has 1 aliphatic rings. The van der Waals surface area contributed by atoms with Crippen LogP contribution < -0.4 is 10.6 Å². The number of amides is 1. The first kappa shape index (κ1) is 25.7. The van der Waals surface area contributed by atoms with Crippen molar-refractivity contribution in [2.24, 2.45) is 5.41 Å². The molecular weight excluding hydrogens is 568 g/mol. The van der Waals surface area contributed by atoms with Crippen molar-refractivity contribution in [1.29, 1.82) is 10.5 Å². The molecule has 1 aromatic carbocycles. The summed E-state index contributed by atoms with van der Waals surface area (Å²) >= 11 is 5.03. The number of nitrogens with zero attached hydrogens (tertiary/aromatic N) is 8. The Kier molecular flexibility index (Phi) is 7.06. The Labute approximate surface area is 231 Å². The van der Waals surface area contributed by atoms with Crippen LogP contribution in [0.5, 0.6) is 0 Å². The number of carbonyl (C=O) groups excluding carboxylic acids is 1. The Morgan fingerprint density at radius 3 is 2.89 bits per heavy atom. The summed E-state index contributed by atoms with van der Waals surface area (Å²) in [4.78, 5) is 21.5. The second-order valence-electron chi connectivity index (χ2n) is 9.12. The average molecular weight is 591 g/mol. The van der Waals surface area contributed by atoms with Crippen molar-refractivity contribution in [3.8, 4) is 28.4 Å². The first-order chi connectivity index (χ1) is 18.4. The minimum atomic E-state index is -1.05. The zero-order valence-corrected chi connectivity index (χ0v) is 23.1. The van der Waals surface area contributed by atoms with E-state index in [2.05, 4.69) is 59.0 Å². The van der Waals surface area contributed by atoms with Gasteiger partial charge >= 0.3 is 0 Å². The number of benzene rings is 1. The number of nitriles is 2. The molecule has 2 N–H and O–H groups in total. The van der Waals surface area contributed by atoms with Crippen LogP contribution in [0.1, 0.15) is 36.3 Å². The van der Waals surface area contributed by atoms with E-state index in [1.807, 2.05) is 25.1 Å². The second kappa shape index (κ2) is 10.4. The molecule has 2 atom stereocenters. The van der Waals surface area contributed by atoms with Gasteiger partial charge in [-0.25, -0.2) is 9.67 Å². The van der Waals surface area contributed by atoms with Crippen molar-refractivity contribution < 1.29 is 4.79 Å². The molecule has 3 aromatic heterocycles. The Morgan fingerprint density at radius 1 is 1.34 bits per heavy atom. The minimum absolute atomic E-state index is 0.114. The molecule has 192 valence electrons. The van der Waals surface area contributed by atoms with Crippen molar-refractivity contribution in [3.05, 3.63) is 39.6 Å². The fraction of sp³-hybridized carbons (Fsp3) is 0.360. The highest BCUT2D eigenvalue weighted by Gasteiger charge is 2.45. The number of anilines is 1. The molecule has 13 heteroatoms. The van der Waals surface area contributed by atoms with Gasteiger partial charge in [0.1, 0.15) is 20.0 Å². The molecule has 5 rings (SSSR count). The van der Waals surface area contributed by atoms with Crippen molar-refractivity contribution >= 4 is 50.2 Å².